The summed E-state index contributed by atoms with van der Waals surface area (Å²) in [5, 5.41) is 10.2. The lowest BCUT2D eigenvalue weighted by atomic mass is 10.2. The van der Waals surface area contributed by atoms with Crippen molar-refractivity contribution in [1.82, 2.24) is 9.38 Å². The largest absolute Gasteiger partial charge is 0.502 e. The first-order chi connectivity index (χ1) is 10.8. The first-order valence-electron chi connectivity index (χ1n) is 6.44. The van der Waals surface area contributed by atoms with Crippen molar-refractivity contribution in [3.8, 4) is 5.75 Å². The summed E-state index contributed by atoms with van der Waals surface area (Å²) in [5.74, 6) is -1.30. The zero-order valence-electron chi connectivity index (χ0n) is 12.7. The van der Waals surface area contributed by atoms with E-state index >= 15 is 0 Å². The van der Waals surface area contributed by atoms with Gasteiger partial charge in [-0.25, -0.2) is 9.78 Å². The van der Waals surface area contributed by atoms with Crippen LogP contribution in [0.1, 0.15) is 20.1 Å². The van der Waals surface area contributed by atoms with Gasteiger partial charge in [0.2, 0.25) is 0 Å². The Kier molecular flexibility index (Phi) is 5.02. The molecule has 9 heteroatoms. The van der Waals surface area contributed by atoms with Crippen LogP contribution in [0.5, 0.6) is 5.75 Å². The van der Waals surface area contributed by atoms with Crippen molar-refractivity contribution in [2.75, 3.05) is 12.8 Å². The summed E-state index contributed by atoms with van der Waals surface area (Å²) < 4.78 is 5.79. The van der Waals surface area contributed by atoms with Gasteiger partial charge in [0.25, 0.3) is 5.56 Å². The molecule has 122 valence electrons. The molecule has 0 aliphatic carbocycles. The van der Waals surface area contributed by atoms with E-state index < -0.39 is 17.3 Å². The molecule has 0 spiro atoms. The number of hydrogen-bond acceptors (Lipinski definition) is 8. The van der Waals surface area contributed by atoms with Crippen molar-refractivity contribution >= 4 is 38.6 Å². The molecule has 0 aromatic carbocycles. The van der Waals surface area contributed by atoms with Gasteiger partial charge in [-0.1, -0.05) is 0 Å². The molecule has 0 unspecified atom stereocenters. The van der Waals surface area contributed by atoms with Crippen molar-refractivity contribution in [3.63, 3.8) is 0 Å². The summed E-state index contributed by atoms with van der Waals surface area (Å²) in [7, 11) is 1.20. The molecule has 3 aromatic rings. The first-order valence-corrected chi connectivity index (χ1v) is 8.07. The third kappa shape index (κ3) is 3.69. The highest BCUT2D eigenvalue weighted by atomic mass is 32.1. The number of rotatable bonds is 1. The molecule has 0 amide bonds. The Balaban J connectivity index is 0.000000229. The molecule has 0 atom stereocenters. The lowest BCUT2D eigenvalue weighted by Gasteiger charge is -2.02. The molecular weight excluding hydrogens is 338 g/mol. The zero-order valence-corrected chi connectivity index (χ0v) is 14.3. The third-order valence-electron chi connectivity index (χ3n) is 2.80. The number of hydrogen-bond donors (Lipinski definition) is 2. The van der Waals surface area contributed by atoms with E-state index in [0.717, 1.165) is 9.75 Å². The lowest BCUT2D eigenvalue weighted by molar-refractivity contribution is 0.0597. The number of ether oxygens (including phenoxy) is 1. The van der Waals surface area contributed by atoms with Crippen LogP contribution in [-0.4, -0.2) is 27.6 Å². The number of anilines is 1. The van der Waals surface area contributed by atoms with Crippen LogP contribution in [0, 0.1) is 13.8 Å². The van der Waals surface area contributed by atoms with Crippen LogP contribution >= 0.6 is 22.7 Å². The van der Waals surface area contributed by atoms with E-state index in [9.17, 15) is 14.7 Å². The van der Waals surface area contributed by atoms with Crippen molar-refractivity contribution in [2.45, 2.75) is 13.8 Å². The van der Waals surface area contributed by atoms with Gasteiger partial charge in [0.1, 0.15) is 10.4 Å². The maximum Gasteiger partial charge on any atom is 0.341 e. The van der Waals surface area contributed by atoms with E-state index in [1.807, 2.05) is 13.8 Å². The summed E-state index contributed by atoms with van der Waals surface area (Å²) in [6, 6.07) is 1.44. The summed E-state index contributed by atoms with van der Waals surface area (Å²) in [6.07, 6.45) is 3.38. The lowest BCUT2D eigenvalue weighted by Crippen LogP contribution is -2.15. The number of carbonyl (C=O) groups excluding carboxylic acids is 1. The molecule has 0 fully saturated rings. The number of aryl methyl sites for hydroxylation is 2. The van der Waals surface area contributed by atoms with E-state index in [-0.39, 0.29) is 5.56 Å². The second-order valence-corrected chi connectivity index (χ2v) is 7.10. The monoisotopic (exact) mass is 353 g/mol. The van der Waals surface area contributed by atoms with Gasteiger partial charge < -0.3 is 15.6 Å². The first kappa shape index (κ1) is 17.0. The van der Waals surface area contributed by atoms with Gasteiger partial charge in [-0.3, -0.25) is 9.20 Å². The molecule has 3 aromatic heterocycles. The highest BCUT2D eigenvalue weighted by Gasteiger charge is 2.17. The Hall–Kier alpha value is -2.39. The number of pyridine rings is 1. The van der Waals surface area contributed by atoms with Crippen LogP contribution < -0.4 is 11.3 Å². The summed E-state index contributed by atoms with van der Waals surface area (Å²) in [4.78, 5) is 29.5. The molecule has 0 saturated heterocycles. The minimum atomic E-state index is -0.719. The van der Waals surface area contributed by atoms with Gasteiger partial charge in [-0.05, 0) is 19.9 Å². The average molecular weight is 353 g/mol. The fraction of sp³-hybridized carbons (Fsp3) is 0.214. The maximum absolute atomic E-state index is 11.7. The minimum Gasteiger partial charge on any atom is -0.502 e. The Labute approximate surface area is 139 Å². The topological polar surface area (TPSA) is 107 Å². The Morgan fingerprint density at radius 2 is 2.04 bits per heavy atom. The third-order valence-corrected chi connectivity index (χ3v) is 4.50. The van der Waals surface area contributed by atoms with Crippen molar-refractivity contribution in [3.05, 3.63) is 44.1 Å². The van der Waals surface area contributed by atoms with Gasteiger partial charge in [0.15, 0.2) is 10.9 Å². The predicted molar refractivity (Wildman–Crippen MR) is 90.5 cm³/mol. The number of aromatic nitrogens is 2. The molecule has 0 radical (unpaired) electrons. The fourth-order valence-corrected chi connectivity index (χ4v) is 3.24. The van der Waals surface area contributed by atoms with E-state index in [4.69, 9.17) is 5.73 Å². The maximum atomic E-state index is 11.7. The zero-order chi connectivity index (χ0) is 17.1. The molecule has 3 N–H and O–H groups in total. The number of methoxy groups -OCH3 is 1. The standard InChI is InChI=1S/C10H9NO4S.C4H6N2S/c1-5-4-11-7(16-5)3-6(10(14)15-2)8(12)9(11)13;1-3-2-6-4(5)7-3/h3-4,12H,1-2H3;2H,1H3,(H2,5,6). The smallest absolute Gasteiger partial charge is 0.341 e. The van der Waals surface area contributed by atoms with Gasteiger partial charge in [-0.2, -0.15) is 0 Å². The second kappa shape index (κ2) is 6.80. The average Bonchev–Trinajstić information content (AvgIpc) is 3.07. The van der Waals surface area contributed by atoms with Gasteiger partial charge in [0.05, 0.1) is 7.11 Å². The molecule has 0 aliphatic heterocycles. The van der Waals surface area contributed by atoms with Crippen LogP contribution in [0.15, 0.2) is 23.3 Å². The number of carbonyl (C=O) groups is 1. The van der Waals surface area contributed by atoms with Crippen molar-refractivity contribution in [1.29, 1.82) is 0 Å². The molecule has 23 heavy (non-hydrogen) atoms. The highest BCUT2D eigenvalue weighted by molar-refractivity contribution is 7.17. The normalized spacial score (nSPS) is 10.2. The predicted octanol–water partition coefficient (Wildman–Crippen LogP) is 2.20. The molecule has 3 rings (SSSR count). The van der Waals surface area contributed by atoms with Crippen LogP contribution in [0.2, 0.25) is 0 Å². The highest BCUT2D eigenvalue weighted by Crippen LogP contribution is 2.21. The van der Waals surface area contributed by atoms with E-state index in [2.05, 4.69) is 9.72 Å². The number of fused-ring (bicyclic) bond motifs is 1. The SMILES string of the molecule is COC(=O)c1cc2sc(C)cn2c(=O)c1O.Cc1cnc(N)s1. The van der Waals surface area contributed by atoms with Crippen LogP contribution in [0.4, 0.5) is 5.13 Å². The minimum absolute atomic E-state index is 0.102. The molecule has 0 aliphatic rings. The molecule has 3 heterocycles. The van der Waals surface area contributed by atoms with Crippen LogP contribution in [-0.2, 0) is 4.74 Å². The molecular formula is C14H15N3O4S2. The fourth-order valence-electron chi connectivity index (χ4n) is 1.80. The van der Waals surface area contributed by atoms with Crippen LogP contribution in [0.25, 0.3) is 4.83 Å². The van der Waals surface area contributed by atoms with Gasteiger partial charge >= 0.3 is 5.97 Å². The molecule has 0 bridgehead atoms. The Bertz CT molecular complexity index is 894. The summed E-state index contributed by atoms with van der Waals surface area (Å²) in [6.45, 7) is 3.82. The van der Waals surface area contributed by atoms with Gasteiger partial charge in [-0.15, -0.1) is 22.7 Å². The molecule has 0 saturated carbocycles. The number of nitrogen functional groups attached to an aromatic ring is 1. The summed E-state index contributed by atoms with van der Waals surface area (Å²) in [5.41, 5.74) is 4.57. The van der Waals surface area contributed by atoms with E-state index in [1.165, 1.54) is 40.3 Å². The van der Waals surface area contributed by atoms with Gasteiger partial charge in [0, 0.05) is 22.1 Å². The van der Waals surface area contributed by atoms with E-state index in [0.29, 0.717) is 9.96 Å². The van der Waals surface area contributed by atoms with E-state index in [1.54, 1.807) is 12.4 Å². The number of thiazole rings is 2. The van der Waals surface area contributed by atoms with Crippen LogP contribution in [0.3, 0.4) is 0 Å². The molecule has 7 nitrogen and oxygen atoms in total. The quantitative estimate of drug-likeness (QED) is 0.650. The van der Waals surface area contributed by atoms with Crippen molar-refractivity contribution in [2.24, 2.45) is 0 Å². The Morgan fingerprint density at radius 3 is 2.52 bits per heavy atom. The number of nitrogens with zero attached hydrogens (tertiary/aromatic N) is 2. The second-order valence-electron chi connectivity index (χ2n) is 4.56. The Morgan fingerprint density at radius 1 is 1.35 bits per heavy atom. The van der Waals surface area contributed by atoms with Crippen molar-refractivity contribution < 1.29 is 14.6 Å². The number of esters is 1. The number of nitrogens with two attached hydrogens (primary N) is 1. The number of aromatic hydroxyl groups is 1. The summed E-state index contributed by atoms with van der Waals surface area (Å²) >= 11 is 2.87.